The number of nitrogens with zero attached hydrogens (tertiary/aromatic N) is 3. The van der Waals surface area contributed by atoms with Crippen molar-refractivity contribution in [3.05, 3.63) is 40.4 Å². The van der Waals surface area contributed by atoms with Crippen molar-refractivity contribution in [2.45, 2.75) is 25.3 Å². The van der Waals surface area contributed by atoms with Gasteiger partial charge in [0.25, 0.3) is 0 Å². The molecule has 0 aliphatic heterocycles. The molecule has 98 valence electrons. The molecule has 1 N–H and O–H groups in total. The number of halogens is 1. The molecule has 0 saturated heterocycles. The van der Waals surface area contributed by atoms with Crippen LogP contribution in [0.15, 0.2) is 29.1 Å². The van der Waals surface area contributed by atoms with Gasteiger partial charge >= 0.3 is 0 Å². The number of hydrogen-bond acceptors (Lipinski definition) is 4. The smallest absolute Gasteiger partial charge is 0.160 e. The number of hydrogen-bond donors (Lipinski definition) is 1. The third-order valence-electron chi connectivity index (χ3n) is 3.49. The summed E-state index contributed by atoms with van der Waals surface area (Å²) >= 11 is 3.43. The highest BCUT2D eigenvalue weighted by atomic mass is 79.9. The van der Waals surface area contributed by atoms with E-state index in [4.69, 9.17) is 4.98 Å². The first-order chi connectivity index (χ1) is 9.28. The fraction of sp³-hybridized carbons (Fsp3) is 0.357. The summed E-state index contributed by atoms with van der Waals surface area (Å²) in [5, 5.41) is 3.33. The second-order valence-corrected chi connectivity index (χ2v) is 5.64. The molecule has 0 spiro atoms. The van der Waals surface area contributed by atoms with Crippen molar-refractivity contribution in [2.24, 2.45) is 0 Å². The van der Waals surface area contributed by atoms with E-state index in [0.29, 0.717) is 6.04 Å². The standard InChI is InChI=1S/C14H15BrN4/c1-16-12-3-2-4-13-11(12)8-18-14(19-13)9-5-10(15)7-17-6-9/h5-8,12,16H,2-4H2,1H3. The summed E-state index contributed by atoms with van der Waals surface area (Å²) in [6.07, 6.45) is 8.88. The lowest BCUT2D eigenvalue weighted by molar-refractivity contribution is 0.488. The van der Waals surface area contributed by atoms with E-state index in [2.05, 4.69) is 31.2 Å². The predicted octanol–water partition coefficient (Wildman–Crippen LogP) is 2.90. The summed E-state index contributed by atoms with van der Waals surface area (Å²) in [4.78, 5) is 13.4. The largest absolute Gasteiger partial charge is 0.313 e. The zero-order chi connectivity index (χ0) is 13.2. The highest BCUT2D eigenvalue weighted by Gasteiger charge is 2.21. The van der Waals surface area contributed by atoms with Crippen LogP contribution in [0, 0.1) is 0 Å². The van der Waals surface area contributed by atoms with Crippen LogP contribution >= 0.6 is 15.9 Å². The number of aryl methyl sites for hydroxylation is 1. The Kier molecular flexibility index (Phi) is 3.57. The van der Waals surface area contributed by atoms with Crippen molar-refractivity contribution < 1.29 is 0 Å². The van der Waals surface area contributed by atoms with Gasteiger partial charge in [-0.05, 0) is 48.3 Å². The average Bonchev–Trinajstić information content (AvgIpc) is 2.46. The average molecular weight is 319 g/mol. The molecule has 2 aromatic heterocycles. The van der Waals surface area contributed by atoms with Crippen molar-refractivity contribution in [2.75, 3.05) is 7.05 Å². The van der Waals surface area contributed by atoms with Crippen LogP contribution in [0.25, 0.3) is 11.4 Å². The molecule has 3 rings (SSSR count). The Balaban J connectivity index is 2.02. The van der Waals surface area contributed by atoms with Crippen LogP contribution in [-0.4, -0.2) is 22.0 Å². The lowest BCUT2D eigenvalue weighted by Crippen LogP contribution is -2.22. The topological polar surface area (TPSA) is 50.7 Å². The minimum Gasteiger partial charge on any atom is -0.313 e. The van der Waals surface area contributed by atoms with E-state index < -0.39 is 0 Å². The van der Waals surface area contributed by atoms with E-state index >= 15 is 0 Å². The molecule has 0 aromatic carbocycles. The molecule has 4 nitrogen and oxygen atoms in total. The van der Waals surface area contributed by atoms with E-state index in [1.54, 1.807) is 12.4 Å². The Labute approximate surface area is 120 Å². The van der Waals surface area contributed by atoms with E-state index in [9.17, 15) is 0 Å². The Hall–Kier alpha value is -1.33. The fourth-order valence-electron chi connectivity index (χ4n) is 2.52. The molecular weight excluding hydrogens is 304 g/mol. The number of fused-ring (bicyclic) bond motifs is 1. The first kappa shape index (κ1) is 12.7. The van der Waals surface area contributed by atoms with Crippen LogP contribution < -0.4 is 5.32 Å². The Morgan fingerprint density at radius 2 is 2.21 bits per heavy atom. The van der Waals surface area contributed by atoms with Gasteiger partial charge in [0, 0.05) is 45.9 Å². The van der Waals surface area contributed by atoms with Gasteiger partial charge in [0.2, 0.25) is 0 Å². The zero-order valence-electron chi connectivity index (χ0n) is 10.7. The fourth-order valence-corrected chi connectivity index (χ4v) is 2.88. The molecule has 5 heteroatoms. The minimum atomic E-state index is 0.387. The number of rotatable bonds is 2. The molecular formula is C14H15BrN4. The SMILES string of the molecule is CNC1CCCc2nc(-c3cncc(Br)c3)ncc21. The summed E-state index contributed by atoms with van der Waals surface area (Å²) in [6, 6.07) is 2.38. The van der Waals surface area contributed by atoms with Gasteiger partial charge in [-0.3, -0.25) is 4.98 Å². The van der Waals surface area contributed by atoms with Gasteiger partial charge in [-0.25, -0.2) is 9.97 Å². The quantitative estimate of drug-likeness (QED) is 0.925. The van der Waals surface area contributed by atoms with E-state index in [1.165, 1.54) is 12.0 Å². The molecule has 1 aliphatic rings. The van der Waals surface area contributed by atoms with Crippen LogP contribution in [0.1, 0.15) is 30.1 Å². The summed E-state index contributed by atoms with van der Waals surface area (Å²) < 4.78 is 0.944. The summed E-state index contributed by atoms with van der Waals surface area (Å²) in [7, 11) is 1.99. The van der Waals surface area contributed by atoms with E-state index in [1.807, 2.05) is 19.3 Å². The summed E-state index contributed by atoms with van der Waals surface area (Å²) in [5.74, 6) is 0.754. The third kappa shape index (κ3) is 2.53. The highest BCUT2D eigenvalue weighted by molar-refractivity contribution is 9.10. The van der Waals surface area contributed by atoms with Gasteiger partial charge in [-0.2, -0.15) is 0 Å². The predicted molar refractivity (Wildman–Crippen MR) is 77.7 cm³/mol. The van der Waals surface area contributed by atoms with Gasteiger partial charge in [0.05, 0.1) is 0 Å². The molecule has 0 amide bonds. The van der Waals surface area contributed by atoms with Gasteiger partial charge in [-0.1, -0.05) is 0 Å². The Morgan fingerprint density at radius 3 is 3.00 bits per heavy atom. The molecule has 1 atom stereocenters. The minimum absolute atomic E-state index is 0.387. The van der Waals surface area contributed by atoms with Crippen molar-refractivity contribution in [1.82, 2.24) is 20.3 Å². The molecule has 2 heterocycles. The normalized spacial score (nSPS) is 18.1. The molecule has 1 aliphatic carbocycles. The van der Waals surface area contributed by atoms with Crippen LogP contribution in [0.4, 0.5) is 0 Å². The van der Waals surface area contributed by atoms with Gasteiger partial charge < -0.3 is 5.32 Å². The molecule has 1 unspecified atom stereocenters. The third-order valence-corrected chi connectivity index (χ3v) is 3.93. The Bertz CT molecular complexity index is 600. The van der Waals surface area contributed by atoms with Crippen LogP contribution in [0.5, 0.6) is 0 Å². The van der Waals surface area contributed by atoms with Crippen LogP contribution in [-0.2, 0) is 6.42 Å². The maximum absolute atomic E-state index is 4.71. The molecule has 0 saturated carbocycles. The highest BCUT2D eigenvalue weighted by Crippen LogP contribution is 2.29. The first-order valence-electron chi connectivity index (χ1n) is 6.42. The molecule has 0 bridgehead atoms. The molecule has 0 radical (unpaired) electrons. The maximum atomic E-state index is 4.71. The first-order valence-corrected chi connectivity index (χ1v) is 7.21. The zero-order valence-corrected chi connectivity index (χ0v) is 12.3. The second-order valence-electron chi connectivity index (χ2n) is 4.72. The number of aromatic nitrogens is 3. The molecule has 19 heavy (non-hydrogen) atoms. The lowest BCUT2D eigenvalue weighted by atomic mass is 9.92. The second kappa shape index (κ2) is 5.35. The Morgan fingerprint density at radius 1 is 1.32 bits per heavy atom. The number of pyridine rings is 1. The molecule has 0 fully saturated rings. The van der Waals surface area contributed by atoms with Crippen molar-refractivity contribution in [1.29, 1.82) is 0 Å². The van der Waals surface area contributed by atoms with Crippen LogP contribution in [0.3, 0.4) is 0 Å². The maximum Gasteiger partial charge on any atom is 0.160 e. The van der Waals surface area contributed by atoms with Gasteiger partial charge in [0.1, 0.15) is 0 Å². The monoisotopic (exact) mass is 318 g/mol. The number of nitrogens with one attached hydrogen (secondary N) is 1. The van der Waals surface area contributed by atoms with Gasteiger partial charge in [-0.15, -0.1) is 0 Å². The van der Waals surface area contributed by atoms with E-state index in [-0.39, 0.29) is 0 Å². The molecule has 2 aromatic rings. The van der Waals surface area contributed by atoms with Crippen molar-refractivity contribution in [3.63, 3.8) is 0 Å². The summed E-state index contributed by atoms with van der Waals surface area (Å²) in [5.41, 5.74) is 3.35. The van der Waals surface area contributed by atoms with Gasteiger partial charge in [0.15, 0.2) is 5.82 Å². The summed E-state index contributed by atoms with van der Waals surface area (Å²) in [6.45, 7) is 0. The van der Waals surface area contributed by atoms with Crippen molar-refractivity contribution >= 4 is 15.9 Å². The van der Waals surface area contributed by atoms with Crippen LogP contribution in [0.2, 0.25) is 0 Å². The van der Waals surface area contributed by atoms with Crippen molar-refractivity contribution in [3.8, 4) is 11.4 Å². The lowest BCUT2D eigenvalue weighted by Gasteiger charge is -2.24. The van der Waals surface area contributed by atoms with E-state index in [0.717, 1.165) is 34.4 Å².